The van der Waals surface area contributed by atoms with E-state index in [9.17, 15) is 9.90 Å². The molecule has 0 atom stereocenters. The number of fused-ring (bicyclic) bond motifs is 1. The molecule has 2 aromatic carbocycles. The molecule has 0 aromatic heterocycles. The molecule has 0 aliphatic heterocycles. The summed E-state index contributed by atoms with van der Waals surface area (Å²) >= 11 is 0. The average molecular weight is 220 g/mol. The molecule has 2 nitrogen and oxygen atoms in total. The Morgan fingerprint density at radius 1 is 1.06 bits per heavy atom. The quantitative estimate of drug-likeness (QED) is 0.750. The van der Waals surface area contributed by atoms with Crippen LogP contribution in [-0.2, 0) is 0 Å². The smallest absolute Gasteiger partial charge is 0.337 e. The summed E-state index contributed by atoms with van der Waals surface area (Å²) in [4.78, 5) is 11.2. The largest absolute Gasteiger partial charge is 0.478 e. The van der Waals surface area contributed by atoms with Crippen LogP contribution in [0, 0.1) is 24.7 Å². The van der Waals surface area contributed by atoms with E-state index >= 15 is 0 Å². The zero-order valence-corrected chi connectivity index (χ0v) is 8.90. The molecule has 0 unspecified atom stereocenters. The van der Waals surface area contributed by atoms with E-state index in [0.717, 1.165) is 5.39 Å². The fourth-order valence-corrected chi connectivity index (χ4v) is 1.84. The van der Waals surface area contributed by atoms with Gasteiger partial charge in [-0.25, -0.2) is 4.79 Å². The highest BCUT2D eigenvalue weighted by molar-refractivity contribution is 6.07. The summed E-state index contributed by atoms with van der Waals surface area (Å²) in [5, 5.41) is 10.5. The summed E-state index contributed by atoms with van der Waals surface area (Å²) in [5.41, 5.74) is 1.05. The van der Waals surface area contributed by atoms with E-state index < -0.39 is 5.97 Å². The van der Waals surface area contributed by atoms with E-state index in [1.54, 1.807) is 24.3 Å². The molecule has 2 aromatic rings. The first-order valence-electron chi connectivity index (χ1n) is 4.91. The number of carbonyl (C=O) groups is 1. The van der Waals surface area contributed by atoms with Crippen LogP contribution >= 0.6 is 0 Å². The summed E-state index contributed by atoms with van der Waals surface area (Å²) in [7, 11) is 0. The van der Waals surface area contributed by atoms with E-state index in [4.69, 9.17) is 12.8 Å². The Labute approximate surface area is 98.9 Å². The molecule has 0 heterocycles. The third-order valence-corrected chi connectivity index (χ3v) is 2.57. The normalized spacial score (nSPS) is 9.53. The Balaban J connectivity index is 3.04. The molecule has 0 fully saturated rings. The molecule has 2 rings (SSSR count). The van der Waals surface area contributed by atoms with Crippen LogP contribution in [-0.4, -0.2) is 11.1 Å². The second-order valence-electron chi connectivity index (χ2n) is 3.49. The van der Waals surface area contributed by atoms with Crippen molar-refractivity contribution in [1.29, 1.82) is 0 Å². The SMILES string of the molecule is C#Cc1cc(C#C)c2ccccc2c1C(=O)O. The minimum absolute atomic E-state index is 0.127. The molecule has 0 saturated heterocycles. The topological polar surface area (TPSA) is 37.3 Å². The van der Waals surface area contributed by atoms with Gasteiger partial charge < -0.3 is 5.11 Å². The van der Waals surface area contributed by atoms with Crippen LogP contribution in [0.15, 0.2) is 30.3 Å². The van der Waals surface area contributed by atoms with Crippen molar-refractivity contribution in [3.8, 4) is 24.7 Å². The van der Waals surface area contributed by atoms with Gasteiger partial charge >= 0.3 is 5.97 Å². The van der Waals surface area contributed by atoms with Gasteiger partial charge in [0.25, 0.3) is 0 Å². The van der Waals surface area contributed by atoms with Crippen molar-refractivity contribution in [2.75, 3.05) is 0 Å². The molecule has 2 heteroatoms. The molecule has 0 aliphatic rings. The lowest BCUT2D eigenvalue weighted by Gasteiger charge is -2.07. The van der Waals surface area contributed by atoms with Crippen LogP contribution in [0.3, 0.4) is 0 Å². The fourth-order valence-electron chi connectivity index (χ4n) is 1.84. The minimum Gasteiger partial charge on any atom is -0.478 e. The van der Waals surface area contributed by atoms with Crippen molar-refractivity contribution in [2.24, 2.45) is 0 Å². The van der Waals surface area contributed by atoms with Gasteiger partial charge in [-0.1, -0.05) is 36.1 Å². The number of hydrogen-bond donors (Lipinski definition) is 1. The van der Waals surface area contributed by atoms with Crippen molar-refractivity contribution in [3.05, 3.63) is 47.0 Å². The lowest BCUT2D eigenvalue weighted by atomic mass is 9.95. The number of terminal acetylenes is 2. The molecule has 80 valence electrons. The third kappa shape index (κ3) is 1.62. The van der Waals surface area contributed by atoms with E-state index in [-0.39, 0.29) is 5.56 Å². The first kappa shape index (κ1) is 10.8. The van der Waals surface area contributed by atoms with Gasteiger partial charge in [0.1, 0.15) is 0 Å². The first-order valence-corrected chi connectivity index (χ1v) is 4.91. The minimum atomic E-state index is -1.04. The second kappa shape index (κ2) is 4.04. The zero-order chi connectivity index (χ0) is 12.4. The van der Waals surface area contributed by atoms with Gasteiger partial charge in [-0.05, 0) is 16.8 Å². The highest BCUT2D eigenvalue weighted by Gasteiger charge is 2.15. The monoisotopic (exact) mass is 220 g/mol. The average Bonchev–Trinajstić information content (AvgIpc) is 2.36. The third-order valence-electron chi connectivity index (χ3n) is 2.57. The number of aromatic carboxylic acids is 1. The van der Waals surface area contributed by atoms with Crippen LogP contribution in [0.5, 0.6) is 0 Å². The molecule has 0 amide bonds. The molecule has 0 bridgehead atoms. The van der Waals surface area contributed by atoms with Crippen LogP contribution in [0.4, 0.5) is 0 Å². The molecular weight excluding hydrogens is 212 g/mol. The van der Waals surface area contributed by atoms with Crippen molar-refractivity contribution in [1.82, 2.24) is 0 Å². The van der Waals surface area contributed by atoms with E-state index in [0.29, 0.717) is 16.5 Å². The first-order chi connectivity index (χ1) is 8.19. The predicted molar refractivity (Wildman–Crippen MR) is 66.8 cm³/mol. The molecule has 1 N–H and O–H groups in total. The highest BCUT2D eigenvalue weighted by Crippen LogP contribution is 2.25. The van der Waals surface area contributed by atoms with Crippen molar-refractivity contribution in [2.45, 2.75) is 0 Å². The summed E-state index contributed by atoms with van der Waals surface area (Å²) in [6, 6.07) is 8.63. The van der Waals surface area contributed by atoms with Gasteiger partial charge in [0, 0.05) is 11.1 Å². The summed E-state index contributed by atoms with van der Waals surface area (Å²) in [5.74, 6) is 3.85. The van der Waals surface area contributed by atoms with Gasteiger partial charge in [-0.2, -0.15) is 0 Å². The Morgan fingerprint density at radius 3 is 2.18 bits per heavy atom. The summed E-state index contributed by atoms with van der Waals surface area (Å²) in [6.07, 6.45) is 10.7. The molecular formula is C15H8O2. The van der Waals surface area contributed by atoms with E-state index in [1.807, 2.05) is 6.07 Å². The zero-order valence-electron chi connectivity index (χ0n) is 8.90. The van der Waals surface area contributed by atoms with Crippen molar-refractivity contribution >= 4 is 16.7 Å². The van der Waals surface area contributed by atoms with Crippen molar-refractivity contribution < 1.29 is 9.90 Å². The lowest BCUT2D eigenvalue weighted by molar-refractivity contribution is 0.0699. The van der Waals surface area contributed by atoms with Gasteiger partial charge in [0.2, 0.25) is 0 Å². The Kier molecular flexibility index (Phi) is 2.57. The summed E-state index contributed by atoms with van der Waals surface area (Å²) in [6.45, 7) is 0. The standard InChI is InChI=1S/C15H8O2/c1-3-10-9-11(4-2)14(15(16)17)13-8-6-5-7-12(10)13/h1-2,5-9H,(H,16,17). The molecule has 0 aliphatic carbocycles. The Bertz CT molecular complexity index is 697. The maximum Gasteiger partial charge on any atom is 0.337 e. The molecule has 0 radical (unpaired) electrons. The van der Waals surface area contributed by atoms with E-state index in [2.05, 4.69) is 11.8 Å². The number of carboxylic acids is 1. The van der Waals surface area contributed by atoms with Gasteiger partial charge in [0.15, 0.2) is 0 Å². The van der Waals surface area contributed by atoms with E-state index in [1.165, 1.54) is 0 Å². The fraction of sp³-hybridized carbons (Fsp3) is 0. The molecule has 0 spiro atoms. The molecule has 17 heavy (non-hydrogen) atoms. The van der Waals surface area contributed by atoms with Crippen molar-refractivity contribution in [3.63, 3.8) is 0 Å². The number of benzene rings is 2. The van der Waals surface area contributed by atoms with Gasteiger partial charge in [-0.3, -0.25) is 0 Å². The maximum absolute atomic E-state index is 11.2. The predicted octanol–water partition coefficient (Wildman–Crippen LogP) is 2.50. The lowest BCUT2D eigenvalue weighted by Crippen LogP contribution is -2.02. The summed E-state index contributed by atoms with van der Waals surface area (Å²) < 4.78 is 0. The number of carboxylic acid groups (broad SMARTS) is 1. The maximum atomic E-state index is 11.2. The Morgan fingerprint density at radius 2 is 1.65 bits per heavy atom. The Hall–Kier alpha value is -2.71. The number of rotatable bonds is 1. The molecule has 0 saturated carbocycles. The van der Waals surface area contributed by atoms with Crippen LogP contribution in [0.2, 0.25) is 0 Å². The van der Waals surface area contributed by atoms with Crippen LogP contribution < -0.4 is 0 Å². The van der Waals surface area contributed by atoms with Gasteiger partial charge in [0.05, 0.1) is 5.56 Å². The highest BCUT2D eigenvalue weighted by atomic mass is 16.4. The number of hydrogen-bond acceptors (Lipinski definition) is 1. The second-order valence-corrected chi connectivity index (χ2v) is 3.49. The van der Waals surface area contributed by atoms with Crippen LogP contribution in [0.1, 0.15) is 21.5 Å². The van der Waals surface area contributed by atoms with Gasteiger partial charge in [-0.15, -0.1) is 12.8 Å². The van der Waals surface area contributed by atoms with Crippen LogP contribution in [0.25, 0.3) is 10.8 Å².